The zero-order valence-corrected chi connectivity index (χ0v) is 9.38. The number of hydrogen-bond acceptors (Lipinski definition) is 4. The molecule has 0 saturated carbocycles. The highest BCUT2D eigenvalue weighted by molar-refractivity contribution is 7.90. The van der Waals surface area contributed by atoms with E-state index in [1.807, 2.05) is 0 Å². The van der Waals surface area contributed by atoms with E-state index in [-0.39, 0.29) is 5.22 Å². The van der Waals surface area contributed by atoms with Crippen LogP contribution in [0.15, 0.2) is 33.9 Å². The maximum atomic E-state index is 11.0. The van der Waals surface area contributed by atoms with E-state index in [1.54, 1.807) is 24.3 Å². The fourth-order valence-electron chi connectivity index (χ4n) is 1.04. The molecule has 0 aliphatic heterocycles. The second-order valence-electron chi connectivity index (χ2n) is 2.83. The van der Waals surface area contributed by atoms with Crippen LogP contribution in [0.5, 0.6) is 0 Å². The van der Waals surface area contributed by atoms with E-state index in [2.05, 4.69) is 10.2 Å². The van der Waals surface area contributed by atoms with Gasteiger partial charge in [-0.1, -0.05) is 16.7 Å². The minimum Gasteiger partial charge on any atom is -0.608 e. The number of nitrogens with zero attached hydrogens (tertiary/aromatic N) is 2. The number of hydrogen-bond donors (Lipinski definition) is 0. The minimum atomic E-state index is -1.25. The monoisotopic (exact) mass is 242 g/mol. The Labute approximate surface area is 94.5 Å². The molecule has 15 heavy (non-hydrogen) atoms. The van der Waals surface area contributed by atoms with Crippen molar-refractivity contribution in [3.8, 4) is 11.5 Å². The van der Waals surface area contributed by atoms with Crippen molar-refractivity contribution in [1.29, 1.82) is 0 Å². The first-order valence-electron chi connectivity index (χ1n) is 4.09. The van der Waals surface area contributed by atoms with Gasteiger partial charge in [0, 0.05) is 21.8 Å². The van der Waals surface area contributed by atoms with Crippen LogP contribution in [0.2, 0.25) is 5.02 Å². The predicted octanol–water partition coefficient (Wildman–Crippen LogP) is 2.13. The van der Waals surface area contributed by atoms with Gasteiger partial charge in [0.05, 0.1) is 0 Å². The average molecular weight is 243 g/mol. The summed E-state index contributed by atoms with van der Waals surface area (Å²) in [5, 5.41) is 8.21. The van der Waals surface area contributed by atoms with Crippen LogP contribution in [0.3, 0.4) is 0 Å². The van der Waals surface area contributed by atoms with E-state index in [0.29, 0.717) is 10.9 Å². The van der Waals surface area contributed by atoms with Crippen molar-refractivity contribution >= 4 is 22.8 Å². The van der Waals surface area contributed by atoms with Crippen LogP contribution in [-0.4, -0.2) is 21.0 Å². The normalized spacial score (nSPS) is 12.7. The Balaban J connectivity index is 2.33. The molecule has 0 aliphatic carbocycles. The maximum Gasteiger partial charge on any atom is 0.435 e. The summed E-state index contributed by atoms with van der Waals surface area (Å²) in [5.74, 6) is 0.344. The van der Waals surface area contributed by atoms with Crippen molar-refractivity contribution in [2.24, 2.45) is 0 Å². The lowest BCUT2D eigenvalue weighted by Gasteiger charge is -1.95. The Hall–Kier alpha value is -1.04. The molecule has 78 valence electrons. The molecule has 0 radical (unpaired) electrons. The van der Waals surface area contributed by atoms with E-state index in [1.165, 1.54) is 6.26 Å². The van der Waals surface area contributed by atoms with Gasteiger partial charge in [0.2, 0.25) is 0 Å². The third-order valence-electron chi connectivity index (χ3n) is 1.74. The Morgan fingerprint density at radius 2 is 1.93 bits per heavy atom. The molecule has 0 fully saturated rings. The molecule has 1 heterocycles. The van der Waals surface area contributed by atoms with Gasteiger partial charge in [-0.05, 0) is 24.3 Å². The number of aromatic nitrogens is 2. The highest BCUT2D eigenvalue weighted by Crippen LogP contribution is 2.21. The molecular formula is C9H7ClN2O2S. The van der Waals surface area contributed by atoms with Crippen LogP contribution in [0, 0.1) is 0 Å². The number of halogens is 1. The molecule has 1 unspecified atom stereocenters. The summed E-state index contributed by atoms with van der Waals surface area (Å²) in [4.78, 5) is 0. The summed E-state index contributed by atoms with van der Waals surface area (Å²) in [6.07, 6.45) is 1.49. The molecular weight excluding hydrogens is 236 g/mol. The average Bonchev–Trinajstić information content (AvgIpc) is 2.68. The van der Waals surface area contributed by atoms with Gasteiger partial charge in [-0.3, -0.25) is 0 Å². The van der Waals surface area contributed by atoms with Gasteiger partial charge in [0.1, 0.15) is 6.26 Å². The lowest BCUT2D eigenvalue weighted by Crippen LogP contribution is -1.96. The summed E-state index contributed by atoms with van der Waals surface area (Å²) in [7, 11) is 0. The van der Waals surface area contributed by atoms with E-state index < -0.39 is 11.2 Å². The molecule has 2 aromatic rings. The van der Waals surface area contributed by atoms with Crippen LogP contribution >= 0.6 is 11.6 Å². The van der Waals surface area contributed by atoms with Gasteiger partial charge >= 0.3 is 5.22 Å². The van der Waals surface area contributed by atoms with Crippen LogP contribution < -0.4 is 0 Å². The van der Waals surface area contributed by atoms with Crippen molar-refractivity contribution in [1.82, 2.24) is 10.2 Å². The smallest absolute Gasteiger partial charge is 0.435 e. The Morgan fingerprint density at radius 1 is 1.27 bits per heavy atom. The lowest BCUT2D eigenvalue weighted by molar-refractivity contribution is 0.442. The number of benzene rings is 1. The predicted molar refractivity (Wildman–Crippen MR) is 57.1 cm³/mol. The van der Waals surface area contributed by atoms with Crippen LogP contribution in [-0.2, 0) is 11.2 Å². The molecule has 0 amide bonds. The van der Waals surface area contributed by atoms with Gasteiger partial charge in [0.15, 0.2) is 0 Å². The summed E-state index contributed by atoms with van der Waals surface area (Å²) in [6.45, 7) is 0. The number of rotatable bonds is 2. The maximum absolute atomic E-state index is 11.0. The third kappa shape index (κ3) is 2.31. The molecule has 6 heteroatoms. The van der Waals surface area contributed by atoms with Gasteiger partial charge in [-0.2, -0.15) is 0 Å². The third-order valence-corrected chi connectivity index (χ3v) is 2.65. The second kappa shape index (κ2) is 4.22. The Morgan fingerprint density at radius 3 is 2.47 bits per heavy atom. The van der Waals surface area contributed by atoms with Crippen molar-refractivity contribution in [3.63, 3.8) is 0 Å². The van der Waals surface area contributed by atoms with Gasteiger partial charge < -0.3 is 8.97 Å². The molecule has 4 nitrogen and oxygen atoms in total. The van der Waals surface area contributed by atoms with E-state index >= 15 is 0 Å². The van der Waals surface area contributed by atoms with E-state index in [4.69, 9.17) is 16.0 Å². The van der Waals surface area contributed by atoms with Crippen molar-refractivity contribution < 1.29 is 8.97 Å². The second-order valence-corrected chi connectivity index (χ2v) is 4.53. The molecule has 0 aliphatic rings. The standard InChI is InChI=1S/C9H7ClN2O2S/c1-15(13)9-12-11-8(14-9)6-2-4-7(10)5-3-6/h2-5H,1H3. The van der Waals surface area contributed by atoms with E-state index in [9.17, 15) is 4.55 Å². The molecule has 1 aromatic carbocycles. The summed E-state index contributed by atoms with van der Waals surface area (Å²) in [6, 6.07) is 6.98. The quantitative estimate of drug-likeness (QED) is 0.757. The summed E-state index contributed by atoms with van der Waals surface area (Å²) >= 11 is 4.49. The van der Waals surface area contributed by atoms with Gasteiger partial charge in [-0.15, -0.1) is 5.10 Å². The first-order valence-corrected chi connectivity index (χ1v) is 6.03. The first-order chi connectivity index (χ1) is 7.16. The van der Waals surface area contributed by atoms with Crippen molar-refractivity contribution in [2.45, 2.75) is 5.22 Å². The molecule has 0 saturated heterocycles. The van der Waals surface area contributed by atoms with Crippen molar-refractivity contribution in [2.75, 3.05) is 6.26 Å². The lowest BCUT2D eigenvalue weighted by atomic mass is 10.2. The fraction of sp³-hybridized carbons (Fsp3) is 0.111. The molecule has 0 spiro atoms. The topological polar surface area (TPSA) is 62.0 Å². The first kappa shape index (κ1) is 10.5. The summed E-state index contributed by atoms with van der Waals surface area (Å²) in [5.41, 5.74) is 0.753. The zero-order chi connectivity index (χ0) is 10.8. The van der Waals surface area contributed by atoms with E-state index in [0.717, 1.165) is 5.56 Å². The highest BCUT2D eigenvalue weighted by Gasteiger charge is 2.15. The molecule has 0 N–H and O–H groups in total. The Bertz CT molecular complexity index is 455. The highest BCUT2D eigenvalue weighted by atomic mass is 35.5. The van der Waals surface area contributed by atoms with Gasteiger partial charge in [-0.25, -0.2) is 0 Å². The largest absolute Gasteiger partial charge is 0.608 e. The molecule has 1 aromatic heterocycles. The van der Waals surface area contributed by atoms with Crippen LogP contribution in [0.1, 0.15) is 0 Å². The van der Waals surface area contributed by atoms with Crippen LogP contribution in [0.4, 0.5) is 0 Å². The fourth-order valence-corrected chi connectivity index (χ4v) is 1.51. The molecule has 0 bridgehead atoms. The molecule has 2 rings (SSSR count). The molecule has 1 atom stereocenters. The Kier molecular flexibility index (Phi) is 2.95. The van der Waals surface area contributed by atoms with Gasteiger partial charge in [0.25, 0.3) is 5.89 Å². The zero-order valence-electron chi connectivity index (χ0n) is 7.81. The summed E-state index contributed by atoms with van der Waals surface area (Å²) < 4.78 is 16.2. The SMILES string of the molecule is C[S+]([O-])c1nnc(-c2ccc(Cl)cc2)o1. The van der Waals surface area contributed by atoms with Crippen LogP contribution in [0.25, 0.3) is 11.5 Å². The van der Waals surface area contributed by atoms with Crippen molar-refractivity contribution in [3.05, 3.63) is 29.3 Å². The minimum absolute atomic E-state index is 0.125.